The molecule has 1 saturated heterocycles. The van der Waals surface area contributed by atoms with Crippen LogP contribution in [0.1, 0.15) is 77.7 Å². The van der Waals surface area contributed by atoms with E-state index in [-0.39, 0.29) is 5.54 Å². The van der Waals surface area contributed by atoms with Crippen molar-refractivity contribution in [2.24, 2.45) is 0 Å². The highest BCUT2D eigenvalue weighted by Crippen LogP contribution is 2.33. The normalized spacial score (nSPS) is 25.0. The minimum Gasteiger partial charge on any atom is -0.311 e. The molecule has 1 aromatic carbocycles. The summed E-state index contributed by atoms with van der Waals surface area (Å²) >= 11 is 0. The molecule has 1 N–H and O–H groups in total. The van der Waals surface area contributed by atoms with Crippen LogP contribution in [0.15, 0.2) is 30.3 Å². The molecule has 0 amide bonds. The van der Waals surface area contributed by atoms with Crippen LogP contribution in [0.4, 0.5) is 0 Å². The van der Waals surface area contributed by atoms with Crippen LogP contribution in [-0.2, 0) is 6.54 Å². The topological polar surface area (TPSA) is 15.3 Å². The maximum absolute atomic E-state index is 3.87. The van der Waals surface area contributed by atoms with Crippen LogP contribution in [-0.4, -0.2) is 29.6 Å². The zero-order chi connectivity index (χ0) is 17.3. The van der Waals surface area contributed by atoms with E-state index in [1.807, 2.05) is 0 Å². The van der Waals surface area contributed by atoms with Gasteiger partial charge < -0.3 is 5.32 Å². The quantitative estimate of drug-likeness (QED) is 0.579. The first kappa shape index (κ1) is 19.5. The minimum absolute atomic E-state index is 0.289. The molecule has 0 radical (unpaired) electrons. The zero-order valence-electron chi connectivity index (χ0n) is 16.2. The van der Waals surface area contributed by atoms with E-state index in [2.05, 4.69) is 61.3 Å². The summed E-state index contributed by atoms with van der Waals surface area (Å²) in [5.41, 5.74) is 1.74. The highest BCUT2D eigenvalue weighted by atomic mass is 15.3. The summed E-state index contributed by atoms with van der Waals surface area (Å²) in [4.78, 5) is 2.77. The molecule has 1 aromatic rings. The van der Waals surface area contributed by atoms with E-state index in [1.54, 1.807) is 0 Å². The van der Waals surface area contributed by atoms with Crippen molar-refractivity contribution >= 4 is 0 Å². The molecule has 0 bridgehead atoms. The molecule has 2 atom stereocenters. The van der Waals surface area contributed by atoms with Gasteiger partial charge in [0.05, 0.1) is 0 Å². The van der Waals surface area contributed by atoms with Crippen LogP contribution in [0.25, 0.3) is 0 Å². The standard InChI is InChI=1S/C22H38N2/c1-4-6-9-15-21-22(3,16-12-7-5-2)24(18-17-23-21)19-20-13-10-8-11-14-20/h8,10-11,13-14,21,23H,4-7,9,12,15-19H2,1-3H3. The number of hydrogen-bond acceptors (Lipinski definition) is 2. The molecule has 1 aliphatic rings. The molecule has 1 fully saturated rings. The van der Waals surface area contributed by atoms with Gasteiger partial charge in [0.1, 0.15) is 0 Å². The van der Waals surface area contributed by atoms with Crippen molar-refractivity contribution in [3.05, 3.63) is 35.9 Å². The Hall–Kier alpha value is -0.860. The first-order valence-electron chi connectivity index (χ1n) is 10.2. The second kappa shape index (κ2) is 10.2. The first-order valence-corrected chi connectivity index (χ1v) is 10.2. The van der Waals surface area contributed by atoms with Crippen molar-refractivity contribution in [1.29, 1.82) is 0 Å². The molecular weight excluding hydrogens is 292 g/mol. The molecule has 0 aromatic heterocycles. The Labute approximate surface area is 150 Å². The van der Waals surface area contributed by atoms with Gasteiger partial charge in [0.2, 0.25) is 0 Å². The molecule has 0 spiro atoms. The van der Waals surface area contributed by atoms with E-state index in [1.165, 1.54) is 63.5 Å². The molecule has 0 aliphatic carbocycles. The van der Waals surface area contributed by atoms with E-state index >= 15 is 0 Å². The van der Waals surface area contributed by atoms with Gasteiger partial charge in [0.25, 0.3) is 0 Å². The molecular formula is C22H38N2. The lowest BCUT2D eigenvalue weighted by molar-refractivity contribution is 0.0140. The lowest BCUT2D eigenvalue weighted by atomic mass is 9.80. The summed E-state index contributed by atoms with van der Waals surface area (Å²) in [5, 5.41) is 3.87. The predicted octanol–water partition coefficient (Wildman–Crippen LogP) is 5.38. The summed E-state index contributed by atoms with van der Waals surface area (Å²) in [7, 11) is 0. The maximum atomic E-state index is 3.87. The van der Waals surface area contributed by atoms with Crippen LogP contribution >= 0.6 is 0 Å². The molecule has 1 aliphatic heterocycles. The monoisotopic (exact) mass is 330 g/mol. The van der Waals surface area contributed by atoms with E-state index in [4.69, 9.17) is 0 Å². The molecule has 136 valence electrons. The smallest absolute Gasteiger partial charge is 0.0338 e. The van der Waals surface area contributed by atoms with Crippen molar-refractivity contribution in [2.45, 2.75) is 90.3 Å². The van der Waals surface area contributed by atoms with Crippen LogP contribution in [0.3, 0.4) is 0 Å². The third kappa shape index (κ3) is 5.32. The predicted molar refractivity (Wildman–Crippen MR) is 105 cm³/mol. The Kier molecular flexibility index (Phi) is 8.28. The fourth-order valence-electron chi connectivity index (χ4n) is 4.21. The molecule has 1 heterocycles. The lowest BCUT2D eigenvalue weighted by Gasteiger charge is -2.51. The Bertz CT molecular complexity index is 445. The van der Waals surface area contributed by atoms with Gasteiger partial charge >= 0.3 is 0 Å². The van der Waals surface area contributed by atoms with E-state index < -0.39 is 0 Å². The number of benzene rings is 1. The number of hydrogen-bond donors (Lipinski definition) is 1. The third-order valence-corrected chi connectivity index (χ3v) is 5.84. The van der Waals surface area contributed by atoms with Crippen LogP contribution in [0, 0.1) is 0 Å². The fourth-order valence-corrected chi connectivity index (χ4v) is 4.21. The van der Waals surface area contributed by atoms with Gasteiger partial charge in [0, 0.05) is 31.2 Å². The SMILES string of the molecule is CCCCCC1NCCN(Cc2ccccc2)C1(C)CCCCC. The summed E-state index contributed by atoms with van der Waals surface area (Å²) in [6.45, 7) is 10.5. The Morgan fingerprint density at radius 2 is 1.75 bits per heavy atom. The maximum Gasteiger partial charge on any atom is 0.0338 e. The summed E-state index contributed by atoms with van der Waals surface area (Å²) < 4.78 is 0. The van der Waals surface area contributed by atoms with E-state index in [9.17, 15) is 0 Å². The number of unbranched alkanes of at least 4 members (excludes halogenated alkanes) is 4. The number of nitrogens with one attached hydrogen (secondary N) is 1. The van der Waals surface area contributed by atoms with Gasteiger partial charge in [0.15, 0.2) is 0 Å². The second-order valence-electron chi connectivity index (χ2n) is 7.72. The molecule has 24 heavy (non-hydrogen) atoms. The van der Waals surface area contributed by atoms with E-state index in [0.29, 0.717) is 6.04 Å². The Balaban J connectivity index is 2.09. The van der Waals surface area contributed by atoms with Gasteiger partial charge in [-0.1, -0.05) is 82.7 Å². The average molecular weight is 331 g/mol. The number of nitrogens with zero attached hydrogens (tertiary/aromatic N) is 1. The van der Waals surface area contributed by atoms with Crippen molar-refractivity contribution in [2.75, 3.05) is 13.1 Å². The van der Waals surface area contributed by atoms with Gasteiger partial charge in [-0.05, 0) is 25.3 Å². The highest BCUT2D eigenvalue weighted by molar-refractivity contribution is 5.16. The highest BCUT2D eigenvalue weighted by Gasteiger charge is 2.41. The van der Waals surface area contributed by atoms with Crippen molar-refractivity contribution < 1.29 is 0 Å². The van der Waals surface area contributed by atoms with Crippen LogP contribution in [0.5, 0.6) is 0 Å². The fraction of sp³-hybridized carbons (Fsp3) is 0.727. The molecule has 2 unspecified atom stereocenters. The van der Waals surface area contributed by atoms with Crippen molar-refractivity contribution in [3.63, 3.8) is 0 Å². The van der Waals surface area contributed by atoms with Crippen molar-refractivity contribution in [3.8, 4) is 0 Å². The Morgan fingerprint density at radius 3 is 2.46 bits per heavy atom. The van der Waals surface area contributed by atoms with Crippen LogP contribution < -0.4 is 5.32 Å². The van der Waals surface area contributed by atoms with Gasteiger partial charge in [-0.3, -0.25) is 4.90 Å². The number of rotatable bonds is 10. The summed E-state index contributed by atoms with van der Waals surface area (Å²) in [6, 6.07) is 11.7. The van der Waals surface area contributed by atoms with Gasteiger partial charge in [-0.25, -0.2) is 0 Å². The van der Waals surface area contributed by atoms with Crippen LogP contribution in [0.2, 0.25) is 0 Å². The van der Waals surface area contributed by atoms with Crippen molar-refractivity contribution in [1.82, 2.24) is 10.2 Å². The van der Waals surface area contributed by atoms with Gasteiger partial charge in [-0.15, -0.1) is 0 Å². The molecule has 0 saturated carbocycles. The summed E-state index contributed by atoms with van der Waals surface area (Å²) in [5.74, 6) is 0. The zero-order valence-corrected chi connectivity index (χ0v) is 16.2. The average Bonchev–Trinajstić information content (AvgIpc) is 2.60. The molecule has 2 nitrogen and oxygen atoms in total. The molecule has 2 heteroatoms. The Morgan fingerprint density at radius 1 is 1.04 bits per heavy atom. The first-order chi connectivity index (χ1) is 11.7. The number of piperazine rings is 1. The minimum atomic E-state index is 0.289. The molecule has 2 rings (SSSR count). The van der Waals surface area contributed by atoms with Gasteiger partial charge in [-0.2, -0.15) is 0 Å². The largest absolute Gasteiger partial charge is 0.311 e. The van der Waals surface area contributed by atoms with E-state index in [0.717, 1.165) is 13.1 Å². The lowest BCUT2D eigenvalue weighted by Crippen LogP contribution is -2.65. The summed E-state index contributed by atoms with van der Waals surface area (Å²) in [6.07, 6.45) is 10.7. The third-order valence-electron chi connectivity index (χ3n) is 5.84. The second-order valence-corrected chi connectivity index (χ2v) is 7.72.